The third-order valence-corrected chi connectivity index (χ3v) is 4.94. The number of sulfone groups is 1. The lowest BCUT2D eigenvalue weighted by atomic mass is 9.91. The Labute approximate surface area is 96.1 Å². The van der Waals surface area contributed by atoms with E-state index >= 15 is 0 Å². The zero-order valence-corrected chi connectivity index (χ0v) is 10.7. The molecule has 0 saturated carbocycles. The maximum absolute atomic E-state index is 11.3. The average molecular weight is 249 g/mol. The summed E-state index contributed by atoms with van der Waals surface area (Å²) in [5, 5.41) is 12.0. The summed E-state index contributed by atoms with van der Waals surface area (Å²) in [7, 11) is -2.95. The summed E-state index contributed by atoms with van der Waals surface area (Å²) in [5.41, 5.74) is -1.36. The molecule has 1 atom stereocenters. The van der Waals surface area contributed by atoms with Crippen LogP contribution >= 0.6 is 0 Å². The molecular formula is C10H19NO4S. The maximum Gasteiger partial charge on any atom is 0.310 e. The number of nitrogens with one attached hydrogen (secondary N) is 1. The SMILES string of the molecule is CC1(NCC(C)(C)C(=O)O)CCS(=O)(=O)C1. The quantitative estimate of drug-likeness (QED) is 0.747. The summed E-state index contributed by atoms with van der Waals surface area (Å²) in [4.78, 5) is 10.9. The second kappa shape index (κ2) is 4.00. The van der Waals surface area contributed by atoms with E-state index in [1.807, 2.05) is 6.92 Å². The van der Waals surface area contributed by atoms with E-state index in [0.717, 1.165) is 0 Å². The van der Waals surface area contributed by atoms with Crippen molar-refractivity contribution in [1.29, 1.82) is 0 Å². The normalized spacial score (nSPS) is 29.2. The molecular weight excluding hydrogens is 230 g/mol. The van der Waals surface area contributed by atoms with Crippen LogP contribution in [-0.4, -0.2) is 43.1 Å². The van der Waals surface area contributed by atoms with E-state index < -0.39 is 26.8 Å². The van der Waals surface area contributed by atoms with Gasteiger partial charge in [0, 0.05) is 12.1 Å². The molecule has 1 fully saturated rings. The van der Waals surface area contributed by atoms with E-state index in [1.165, 1.54) is 0 Å². The van der Waals surface area contributed by atoms with Crippen molar-refractivity contribution in [3.05, 3.63) is 0 Å². The lowest BCUT2D eigenvalue weighted by molar-refractivity contribution is -0.146. The highest BCUT2D eigenvalue weighted by atomic mass is 32.2. The molecule has 1 aliphatic heterocycles. The topological polar surface area (TPSA) is 83.5 Å². The monoisotopic (exact) mass is 249 g/mol. The first-order valence-electron chi connectivity index (χ1n) is 5.25. The highest BCUT2D eigenvalue weighted by molar-refractivity contribution is 7.91. The van der Waals surface area contributed by atoms with Crippen LogP contribution in [-0.2, 0) is 14.6 Å². The zero-order valence-electron chi connectivity index (χ0n) is 9.91. The first-order valence-corrected chi connectivity index (χ1v) is 7.07. The van der Waals surface area contributed by atoms with Crippen LogP contribution in [0.15, 0.2) is 0 Å². The number of aliphatic carboxylic acids is 1. The van der Waals surface area contributed by atoms with Gasteiger partial charge in [-0.15, -0.1) is 0 Å². The van der Waals surface area contributed by atoms with Crippen molar-refractivity contribution in [2.75, 3.05) is 18.1 Å². The van der Waals surface area contributed by atoms with Crippen molar-refractivity contribution >= 4 is 15.8 Å². The summed E-state index contributed by atoms with van der Waals surface area (Å²) in [6.45, 7) is 5.34. The average Bonchev–Trinajstić information content (AvgIpc) is 2.38. The Morgan fingerprint density at radius 1 is 1.50 bits per heavy atom. The molecule has 0 spiro atoms. The standard InChI is InChI=1S/C10H19NO4S/c1-9(2,8(12)13)6-11-10(3)4-5-16(14,15)7-10/h11H,4-7H2,1-3H3,(H,12,13). The molecule has 1 aliphatic rings. The molecule has 0 aliphatic carbocycles. The molecule has 1 unspecified atom stereocenters. The van der Waals surface area contributed by atoms with E-state index in [4.69, 9.17) is 5.11 Å². The predicted molar refractivity (Wildman–Crippen MR) is 61.1 cm³/mol. The van der Waals surface area contributed by atoms with E-state index in [1.54, 1.807) is 13.8 Å². The van der Waals surface area contributed by atoms with Crippen LogP contribution in [0.5, 0.6) is 0 Å². The fourth-order valence-corrected chi connectivity index (χ4v) is 3.78. The summed E-state index contributed by atoms with van der Waals surface area (Å²) in [6.07, 6.45) is 0.547. The number of rotatable bonds is 4. The number of hydrogen-bond donors (Lipinski definition) is 2. The van der Waals surface area contributed by atoms with Crippen molar-refractivity contribution in [3.8, 4) is 0 Å². The van der Waals surface area contributed by atoms with Crippen LogP contribution in [0.25, 0.3) is 0 Å². The summed E-state index contributed by atoms with van der Waals surface area (Å²) < 4.78 is 22.7. The predicted octanol–water partition coefficient (Wildman–Crippen LogP) is 0.264. The van der Waals surface area contributed by atoms with Gasteiger partial charge in [-0.3, -0.25) is 4.79 Å². The summed E-state index contributed by atoms with van der Waals surface area (Å²) >= 11 is 0. The molecule has 0 aromatic carbocycles. The van der Waals surface area contributed by atoms with Crippen molar-refractivity contribution < 1.29 is 18.3 Å². The number of carboxylic acid groups (broad SMARTS) is 1. The first-order chi connectivity index (χ1) is 7.06. The maximum atomic E-state index is 11.3. The van der Waals surface area contributed by atoms with Gasteiger partial charge in [-0.2, -0.15) is 0 Å². The zero-order chi connectivity index (χ0) is 12.6. The molecule has 5 nitrogen and oxygen atoms in total. The van der Waals surface area contributed by atoms with E-state index in [9.17, 15) is 13.2 Å². The smallest absolute Gasteiger partial charge is 0.310 e. The van der Waals surface area contributed by atoms with E-state index in [2.05, 4.69) is 5.32 Å². The Bertz CT molecular complexity index is 388. The lowest BCUT2D eigenvalue weighted by Crippen LogP contribution is -2.49. The van der Waals surface area contributed by atoms with E-state index in [-0.39, 0.29) is 18.1 Å². The molecule has 0 bridgehead atoms. The molecule has 1 rings (SSSR count). The number of carbonyl (C=O) groups is 1. The Kier molecular flexibility index (Phi) is 3.36. The van der Waals surface area contributed by atoms with Crippen molar-refractivity contribution in [1.82, 2.24) is 5.32 Å². The minimum Gasteiger partial charge on any atom is -0.481 e. The number of carboxylic acids is 1. The number of hydrogen-bond acceptors (Lipinski definition) is 4. The molecule has 6 heteroatoms. The van der Waals surface area contributed by atoms with Crippen LogP contribution < -0.4 is 5.32 Å². The fraction of sp³-hybridized carbons (Fsp3) is 0.900. The minimum absolute atomic E-state index is 0.0930. The van der Waals surface area contributed by atoms with Crippen molar-refractivity contribution in [2.45, 2.75) is 32.7 Å². The Morgan fingerprint density at radius 2 is 2.06 bits per heavy atom. The van der Waals surface area contributed by atoms with Crippen LogP contribution in [0.1, 0.15) is 27.2 Å². The van der Waals surface area contributed by atoms with Crippen molar-refractivity contribution in [3.63, 3.8) is 0 Å². The van der Waals surface area contributed by atoms with Gasteiger partial charge in [0.2, 0.25) is 0 Å². The van der Waals surface area contributed by atoms with Gasteiger partial charge >= 0.3 is 5.97 Å². The minimum atomic E-state index is -2.95. The van der Waals surface area contributed by atoms with Gasteiger partial charge in [-0.25, -0.2) is 8.42 Å². The summed E-state index contributed by atoms with van der Waals surface area (Å²) in [6, 6.07) is 0. The summed E-state index contributed by atoms with van der Waals surface area (Å²) in [5.74, 6) is -0.607. The molecule has 2 N–H and O–H groups in total. The van der Waals surface area contributed by atoms with Crippen LogP contribution in [0, 0.1) is 5.41 Å². The molecule has 0 aromatic rings. The van der Waals surface area contributed by atoms with Gasteiger partial charge in [0.1, 0.15) is 0 Å². The van der Waals surface area contributed by atoms with Gasteiger partial charge < -0.3 is 10.4 Å². The highest BCUT2D eigenvalue weighted by Crippen LogP contribution is 2.24. The third-order valence-electron chi connectivity index (χ3n) is 3.04. The largest absolute Gasteiger partial charge is 0.481 e. The molecule has 0 aromatic heterocycles. The van der Waals surface area contributed by atoms with Crippen LogP contribution in [0.4, 0.5) is 0 Å². The van der Waals surface area contributed by atoms with E-state index in [0.29, 0.717) is 6.42 Å². The first kappa shape index (κ1) is 13.4. The second-order valence-electron chi connectivity index (χ2n) is 5.45. The van der Waals surface area contributed by atoms with Gasteiger partial charge in [-0.05, 0) is 27.2 Å². The lowest BCUT2D eigenvalue weighted by Gasteiger charge is -2.29. The highest BCUT2D eigenvalue weighted by Gasteiger charge is 2.39. The Balaban J connectivity index is 2.60. The molecule has 0 amide bonds. The second-order valence-corrected chi connectivity index (χ2v) is 7.63. The molecule has 0 radical (unpaired) electrons. The van der Waals surface area contributed by atoms with Crippen LogP contribution in [0.3, 0.4) is 0 Å². The van der Waals surface area contributed by atoms with Crippen molar-refractivity contribution in [2.24, 2.45) is 5.41 Å². The molecule has 16 heavy (non-hydrogen) atoms. The van der Waals surface area contributed by atoms with Gasteiger partial charge in [0.05, 0.1) is 16.9 Å². The Morgan fingerprint density at radius 3 is 2.44 bits per heavy atom. The molecule has 94 valence electrons. The molecule has 1 saturated heterocycles. The Hall–Kier alpha value is -0.620. The van der Waals surface area contributed by atoms with Gasteiger partial charge in [0.25, 0.3) is 0 Å². The third kappa shape index (κ3) is 3.18. The van der Waals surface area contributed by atoms with Gasteiger partial charge in [-0.1, -0.05) is 0 Å². The molecule has 1 heterocycles. The fourth-order valence-electron chi connectivity index (χ4n) is 1.66. The van der Waals surface area contributed by atoms with Gasteiger partial charge in [0.15, 0.2) is 9.84 Å². The van der Waals surface area contributed by atoms with Crippen LogP contribution in [0.2, 0.25) is 0 Å².